The standard InChI is InChI=1S/C36H50N8O4/c1-5-41(6-2)20-21-43-26-44(28-10-8-7-9-11-28)36(35(43)47)16-18-42(19-17-36)34(46)32(22-27-12-14-30(48-4)15-13-27)39-33(45)31(37)23-29-24-38-25-40(29)3/h7-15,24-25,31-32H,5-6,16-23,26,37H2,1-4H3,(H,39,45). The number of amides is 3. The number of nitrogens with two attached hydrogens (primary N) is 1. The van der Waals surface area contributed by atoms with Gasteiger partial charge in [0.05, 0.1) is 26.1 Å². The molecule has 48 heavy (non-hydrogen) atoms. The number of likely N-dealkylation sites (tertiary alicyclic amines) is 1. The zero-order valence-corrected chi connectivity index (χ0v) is 28.7. The molecule has 3 heterocycles. The van der Waals surface area contributed by atoms with Gasteiger partial charge >= 0.3 is 0 Å². The van der Waals surface area contributed by atoms with Crippen LogP contribution in [0.25, 0.3) is 0 Å². The van der Waals surface area contributed by atoms with Crippen molar-refractivity contribution in [3.8, 4) is 5.75 Å². The maximum atomic E-state index is 14.2. The normalized spacial score (nSPS) is 17.2. The summed E-state index contributed by atoms with van der Waals surface area (Å²) in [5.74, 6) is 0.244. The zero-order chi connectivity index (χ0) is 34.3. The fourth-order valence-electron chi connectivity index (χ4n) is 6.87. The van der Waals surface area contributed by atoms with E-state index in [1.165, 1.54) is 0 Å². The van der Waals surface area contributed by atoms with E-state index in [4.69, 9.17) is 10.5 Å². The first-order chi connectivity index (χ1) is 23.2. The molecule has 12 heteroatoms. The number of nitrogens with one attached hydrogen (secondary N) is 1. The van der Waals surface area contributed by atoms with Gasteiger partial charge < -0.3 is 40.0 Å². The van der Waals surface area contributed by atoms with Crippen molar-refractivity contribution in [2.24, 2.45) is 12.8 Å². The Bertz CT molecular complexity index is 1520. The second-order valence-electron chi connectivity index (χ2n) is 12.8. The Morgan fingerprint density at radius 2 is 1.73 bits per heavy atom. The smallest absolute Gasteiger partial charge is 0.250 e. The number of carbonyl (C=O) groups excluding carboxylic acids is 3. The minimum absolute atomic E-state index is 0.120. The molecule has 3 amide bonds. The summed E-state index contributed by atoms with van der Waals surface area (Å²) in [6.07, 6.45) is 4.93. The van der Waals surface area contributed by atoms with Gasteiger partial charge in [0, 0.05) is 63.6 Å². The Hall–Kier alpha value is -4.42. The highest BCUT2D eigenvalue weighted by Gasteiger charge is 2.54. The van der Waals surface area contributed by atoms with Crippen LogP contribution >= 0.6 is 0 Å². The Balaban J connectivity index is 1.33. The number of benzene rings is 2. The number of aryl methyl sites for hydroxylation is 1. The maximum Gasteiger partial charge on any atom is 0.250 e. The molecule has 0 radical (unpaired) electrons. The van der Waals surface area contributed by atoms with E-state index in [1.54, 1.807) is 24.5 Å². The third-order valence-corrected chi connectivity index (χ3v) is 9.96. The van der Waals surface area contributed by atoms with Crippen LogP contribution in [0, 0.1) is 0 Å². The van der Waals surface area contributed by atoms with Crippen molar-refractivity contribution in [3.63, 3.8) is 0 Å². The van der Waals surface area contributed by atoms with Gasteiger partial charge in [-0.1, -0.05) is 44.2 Å². The average Bonchev–Trinajstić information content (AvgIpc) is 3.64. The second kappa shape index (κ2) is 15.7. The average molecular weight is 659 g/mol. The number of nitrogens with zero attached hydrogens (tertiary/aromatic N) is 6. The van der Waals surface area contributed by atoms with Crippen LogP contribution in [-0.2, 0) is 34.3 Å². The SMILES string of the molecule is CCN(CC)CCN1CN(c2ccccc2)C2(CCN(C(=O)C(Cc3ccc(OC)cc3)NC(=O)C(N)Cc3cncn3C)CC2)C1=O. The molecule has 2 saturated heterocycles. The molecule has 2 fully saturated rings. The molecule has 0 aliphatic carbocycles. The number of aromatic nitrogens is 2. The van der Waals surface area contributed by atoms with E-state index >= 15 is 0 Å². The molecule has 2 aromatic carbocycles. The minimum atomic E-state index is -0.853. The number of para-hydroxylation sites is 1. The molecule has 12 nitrogen and oxygen atoms in total. The number of carbonyl (C=O) groups is 3. The molecule has 2 aliphatic heterocycles. The molecule has 3 aromatic rings. The summed E-state index contributed by atoms with van der Waals surface area (Å²) in [5.41, 5.74) is 8.31. The van der Waals surface area contributed by atoms with Gasteiger partial charge in [-0.05, 0) is 55.8 Å². The lowest BCUT2D eigenvalue weighted by Gasteiger charge is -2.44. The monoisotopic (exact) mass is 658 g/mol. The van der Waals surface area contributed by atoms with Crippen molar-refractivity contribution in [2.75, 3.05) is 57.9 Å². The summed E-state index contributed by atoms with van der Waals surface area (Å²) < 4.78 is 7.13. The number of rotatable bonds is 14. The highest BCUT2D eigenvalue weighted by molar-refractivity contribution is 5.94. The van der Waals surface area contributed by atoms with Crippen LogP contribution in [0.4, 0.5) is 5.69 Å². The summed E-state index contributed by atoms with van der Waals surface area (Å²) >= 11 is 0. The Morgan fingerprint density at radius 1 is 1.04 bits per heavy atom. The van der Waals surface area contributed by atoms with Gasteiger partial charge in [-0.3, -0.25) is 14.4 Å². The Morgan fingerprint density at radius 3 is 2.33 bits per heavy atom. The van der Waals surface area contributed by atoms with E-state index in [2.05, 4.69) is 46.1 Å². The summed E-state index contributed by atoms with van der Waals surface area (Å²) in [7, 11) is 3.46. The van der Waals surface area contributed by atoms with Crippen LogP contribution < -0.4 is 20.7 Å². The van der Waals surface area contributed by atoms with Gasteiger partial charge in [-0.25, -0.2) is 4.98 Å². The molecule has 1 aromatic heterocycles. The number of likely N-dealkylation sites (N-methyl/N-ethyl adjacent to an activating group) is 1. The fourth-order valence-corrected chi connectivity index (χ4v) is 6.87. The maximum absolute atomic E-state index is 14.2. The molecule has 3 N–H and O–H groups in total. The predicted octanol–water partition coefficient (Wildman–Crippen LogP) is 2.04. The molecular formula is C36H50N8O4. The van der Waals surface area contributed by atoms with Crippen molar-refractivity contribution in [1.82, 2.24) is 29.6 Å². The highest BCUT2D eigenvalue weighted by atomic mass is 16.5. The van der Waals surface area contributed by atoms with Crippen molar-refractivity contribution in [3.05, 3.63) is 78.4 Å². The quantitative estimate of drug-likeness (QED) is 0.269. The number of piperidine rings is 1. The van der Waals surface area contributed by atoms with Crippen molar-refractivity contribution in [2.45, 2.75) is 57.2 Å². The molecule has 0 saturated carbocycles. The predicted molar refractivity (Wildman–Crippen MR) is 185 cm³/mol. The van der Waals surface area contributed by atoms with Crippen LogP contribution in [0.3, 0.4) is 0 Å². The van der Waals surface area contributed by atoms with Crippen LogP contribution in [0.2, 0.25) is 0 Å². The molecule has 1 spiro atoms. The van der Waals surface area contributed by atoms with Crippen molar-refractivity contribution >= 4 is 23.4 Å². The number of ether oxygens (including phenoxy) is 1. The Kier molecular flexibility index (Phi) is 11.4. The topological polar surface area (TPSA) is 129 Å². The molecule has 258 valence electrons. The molecule has 2 aliphatic rings. The number of imidazole rings is 1. The third-order valence-electron chi connectivity index (χ3n) is 9.96. The summed E-state index contributed by atoms with van der Waals surface area (Å²) in [4.78, 5) is 54.2. The van der Waals surface area contributed by atoms with Gasteiger partial charge in [0.2, 0.25) is 17.7 Å². The second-order valence-corrected chi connectivity index (χ2v) is 12.8. The largest absolute Gasteiger partial charge is 0.497 e. The summed E-state index contributed by atoms with van der Waals surface area (Å²) in [6, 6.07) is 15.9. The minimum Gasteiger partial charge on any atom is -0.497 e. The van der Waals surface area contributed by atoms with E-state index < -0.39 is 23.5 Å². The van der Waals surface area contributed by atoms with Crippen LogP contribution in [0.15, 0.2) is 67.1 Å². The molecular weight excluding hydrogens is 608 g/mol. The van der Waals surface area contributed by atoms with Crippen LogP contribution in [0.5, 0.6) is 5.75 Å². The van der Waals surface area contributed by atoms with Crippen LogP contribution in [-0.4, -0.2) is 113 Å². The molecule has 2 unspecified atom stereocenters. The van der Waals surface area contributed by atoms with Gasteiger partial charge in [-0.15, -0.1) is 0 Å². The highest BCUT2D eigenvalue weighted by Crippen LogP contribution is 2.39. The van der Waals surface area contributed by atoms with E-state index in [0.29, 0.717) is 57.7 Å². The number of hydrogen-bond acceptors (Lipinski definition) is 8. The van der Waals surface area contributed by atoms with E-state index in [9.17, 15) is 14.4 Å². The van der Waals surface area contributed by atoms with Gasteiger partial charge in [0.25, 0.3) is 0 Å². The van der Waals surface area contributed by atoms with Gasteiger partial charge in [0.15, 0.2) is 0 Å². The number of methoxy groups -OCH3 is 1. The fraction of sp³-hybridized carbons (Fsp3) is 0.500. The van der Waals surface area contributed by atoms with Gasteiger partial charge in [0.1, 0.15) is 17.3 Å². The molecule has 2 atom stereocenters. The lowest BCUT2D eigenvalue weighted by molar-refractivity contribution is -0.141. The lowest BCUT2D eigenvalue weighted by Crippen LogP contribution is -2.60. The van der Waals surface area contributed by atoms with Crippen LogP contribution in [0.1, 0.15) is 37.9 Å². The lowest BCUT2D eigenvalue weighted by atomic mass is 9.85. The summed E-state index contributed by atoms with van der Waals surface area (Å²) in [6.45, 7) is 8.93. The van der Waals surface area contributed by atoms with Crippen molar-refractivity contribution in [1.29, 1.82) is 0 Å². The first kappa shape index (κ1) is 34.9. The first-order valence-corrected chi connectivity index (χ1v) is 17.0. The molecule has 0 bridgehead atoms. The third kappa shape index (κ3) is 7.65. The van der Waals surface area contributed by atoms with E-state index in [1.807, 2.05) is 59.0 Å². The van der Waals surface area contributed by atoms with E-state index in [0.717, 1.165) is 36.6 Å². The molecule has 5 rings (SSSR count). The van der Waals surface area contributed by atoms with Crippen molar-refractivity contribution < 1.29 is 19.1 Å². The number of hydrogen-bond donors (Lipinski definition) is 2. The Labute approximate surface area is 283 Å². The number of anilines is 1. The van der Waals surface area contributed by atoms with Gasteiger partial charge in [-0.2, -0.15) is 0 Å². The van der Waals surface area contributed by atoms with E-state index in [-0.39, 0.29) is 11.8 Å². The first-order valence-electron chi connectivity index (χ1n) is 17.0. The summed E-state index contributed by atoms with van der Waals surface area (Å²) in [5, 5.41) is 2.97. The zero-order valence-electron chi connectivity index (χ0n) is 28.7.